The molecule has 1 aromatic carbocycles. The maximum atomic E-state index is 17.9. The van der Waals surface area contributed by atoms with Gasteiger partial charge in [0.15, 0.2) is 17.5 Å². The summed E-state index contributed by atoms with van der Waals surface area (Å²) in [6.07, 6.45) is 30.2. The molecule has 20 rings (SSSR count). The second-order valence-corrected chi connectivity index (χ2v) is 34.8. The zero-order valence-corrected chi connectivity index (χ0v) is 53.6. The van der Waals surface area contributed by atoms with Crippen LogP contribution in [0.4, 0.5) is 0 Å². The van der Waals surface area contributed by atoms with Crippen LogP contribution >= 0.6 is 0 Å². The Balaban J connectivity index is 0.827. The number of aliphatic hydroxyl groups is 3. The molecule has 1 aromatic heterocycles. The predicted molar refractivity (Wildman–Crippen MR) is 334 cm³/mol. The van der Waals surface area contributed by atoms with Gasteiger partial charge in [0.05, 0.1) is 54.9 Å². The first-order chi connectivity index (χ1) is 44.2. The molecule has 18 aliphatic rings. The highest BCUT2D eigenvalue weighted by Gasteiger charge is 3.00. The molecule has 9 bridgehead atoms. The molecule has 13 nitrogen and oxygen atoms in total. The average Bonchev–Trinajstić information content (AvgIpc) is 1.42. The Kier molecular flexibility index (Phi) is 11.9. The van der Waals surface area contributed by atoms with E-state index in [-0.39, 0.29) is 89.6 Å². The van der Waals surface area contributed by atoms with Gasteiger partial charge in [0.1, 0.15) is 29.7 Å². The molecule has 2 aromatic rings. The molecular weight excluding hydrogens is 1140 g/mol. The topological polar surface area (TPSA) is 181 Å². The van der Waals surface area contributed by atoms with Crippen molar-refractivity contribution in [2.75, 3.05) is 26.4 Å². The number of fused-ring (bicyclic) bond motifs is 6. The Morgan fingerprint density at radius 3 is 2.57 bits per heavy atom. The van der Waals surface area contributed by atoms with Crippen LogP contribution in [0.5, 0.6) is 0 Å². The molecule has 0 unspecified atom stereocenters. The molecule has 13 heteroatoms. The Hall–Kier alpha value is -4.29. The van der Waals surface area contributed by atoms with E-state index in [9.17, 15) is 10.2 Å². The zero-order valence-electron chi connectivity index (χ0n) is 53.6. The summed E-state index contributed by atoms with van der Waals surface area (Å²) in [4.78, 5) is 53.2. The van der Waals surface area contributed by atoms with Crippen LogP contribution in [-0.2, 0) is 51.8 Å². The molecule has 0 amide bonds. The summed E-state index contributed by atoms with van der Waals surface area (Å²) in [6.45, 7) is 3.84. The molecule has 8 heterocycles. The van der Waals surface area contributed by atoms with Gasteiger partial charge in [0.25, 0.3) is 0 Å². The van der Waals surface area contributed by atoms with E-state index in [4.69, 9.17) is 23.4 Å². The third kappa shape index (κ3) is 6.55. The lowest BCUT2D eigenvalue weighted by molar-refractivity contribution is -0.315. The summed E-state index contributed by atoms with van der Waals surface area (Å²) in [6, 6.07) is 13.3. The van der Waals surface area contributed by atoms with Crippen molar-refractivity contribution in [3.8, 4) is 11.8 Å². The first-order valence-corrected chi connectivity index (χ1v) is 36.9. The third-order valence-corrected chi connectivity index (χ3v) is 32.6. The lowest BCUT2D eigenvalue weighted by atomic mass is 9.28. The van der Waals surface area contributed by atoms with Gasteiger partial charge in [-0.2, -0.15) is 0 Å². The van der Waals surface area contributed by atoms with Crippen molar-refractivity contribution in [1.82, 2.24) is 10.2 Å². The number of aliphatic hydroxyl groups excluding tert-OH is 3. The van der Waals surface area contributed by atoms with Gasteiger partial charge in [-0.25, -0.2) is 4.79 Å². The summed E-state index contributed by atoms with van der Waals surface area (Å²) in [7, 11) is 0. The summed E-state index contributed by atoms with van der Waals surface area (Å²) in [5.74, 6) is 6.15. The molecule has 484 valence electrons. The van der Waals surface area contributed by atoms with Crippen molar-refractivity contribution >= 4 is 17.7 Å². The van der Waals surface area contributed by atoms with Crippen molar-refractivity contribution in [3.05, 3.63) is 83.5 Å². The number of esters is 2. The van der Waals surface area contributed by atoms with Crippen LogP contribution in [0, 0.1) is 121 Å². The fourth-order valence-electron chi connectivity index (χ4n) is 30.0. The monoisotopic (exact) mass is 1240 g/mol. The van der Waals surface area contributed by atoms with Gasteiger partial charge in [-0.15, -0.1) is 0 Å². The highest BCUT2D eigenvalue weighted by atomic mass is 16.7. The molecule has 4 N–H and O–H groups in total. The van der Waals surface area contributed by atoms with E-state index in [0.29, 0.717) is 49.3 Å². The molecule has 11 aliphatic carbocycles. The van der Waals surface area contributed by atoms with Crippen LogP contribution < -0.4 is 5.32 Å². The van der Waals surface area contributed by atoms with E-state index in [1.165, 1.54) is 43.2 Å². The number of carbonyl (C=O) groups excluding carboxylic acids is 3. The van der Waals surface area contributed by atoms with E-state index < -0.39 is 86.1 Å². The van der Waals surface area contributed by atoms with E-state index in [1.807, 2.05) is 6.07 Å². The maximum Gasteiger partial charge on any atom is 0.339 e. The Morgan fingerprint density at radius 2 is 1.73 bits per heavy atom. The normalized spacial score (nSPS) is 51.5. The lowest BCUT2D eigenvalue weighted by Gasteiger charge is -2.74. The second-order valence-electron chi connectivity index (χ2n) is 34.8. The number of nitrogens with zero attached hydrogens (tertiary/aromatic N) is 1. The van der Waals surface area contributed by atoms with E-state index in [0.717, 1.165) is 128 Å². The molecule has 25 atom stereocenters. The van der Waals surface area contributed by atoms with Gasteiger partial charge < -0.3 is 43.6 Å². The zero-order chi connectivity index (χ0) is 61.1. The Bertz CT molecular complexity index is 3540. The van der Waals surface area contributed by atoms with Gasteiger partial charge in [0, 0.05) is 41.3 Å². The molecule has 10 saturated carbocycles. The van der Waals surface area contributed by atoms with Crippen LogP contribution in [0.15, 0.2) is 71.0 Å². The fourth-order valence-corrected chi connectivity index (χ4v) is 30.0. The van der Waals surface area contributed by atoms with Gasteiger partial charge >= 0.3 is 11.9 Å². The average molecular weight is 1240 g/mol. The summed E-state index contributed by atoms with van der Waals surface area (Å²) in [5, 5.41) is 42.1. The molecule has 91 heavy (non-hydrogen) atoms. The van der Waals surface area contributed by atoms with Crippen LogP contribution in [0.3, 0.4) is 0 Å². The largest absolute Gasteiger partial charge is 0.469 e. The Morgan fingerprint density at radius 1 is 0.868 bits per heavy atom. The smallest absolute Gasteiger partial charge is 0.339 e. The van der Waals surface area contributed by atoms with E-state index >= 15 is 19.5 Å². The predicted octanol–water partition coefficient (Wildman–Crippen LogP) is 10.9. The first-order valence-electron chi connectivity index (χ1n) is 36.9. The summed E-state index contributed by atoms with van der Waals surface area (Å²) in [5.41, 5.74) is -5.87. The number of cyclic esters (lactones) is 1. The minimum absolute atomic E-state index is 0.0518. The quantitative estimate of drug-likeness (QED) is 0.0807. The maximum absolute atomic E-state index is 17.9. The highest BCUT2D eigenvalue weighted by Crippen LogP contribution is 2.93. The number of furan rings is 1. The molecule has 5 saturated heterocycles. The van der Waals surface area contributed by atoms with Crippen LogP contribution in [-0.4, -0.2) is 106 Å². The number of nitrogens with one attached hydrogen (secondary N) is 1. The number of carbonyl (C=O) groups is 3. The SMILES string of the molecule is C[C@]12C[C@H]3C[C@]45[C@@H](CC[C@@]46CCC4(CCCC4)C6)CC4=CC[C@]6(C7CCCCC7)O[C@]47[C@H]5C(=O)OC[C@]74[C@@H]3[C@]3([C@H](O)C(=O)[C@@H]46)[C@H]4C[C@@H](Cc5ccccc5)CC[C@H]4C#CC[C@@]1(c1ccoc1C[C@@H]([C@H]1CC[C@H]4[C@H](C=CN5CNC[C@H]45)C1)[C@H](O)CO)OC(=O)[C@H]1O[C@@]132. The minimum atomic E-state index is -1.55. The molecular formula is C78H96N2O11. The lowest BCUT2D eigenvalue weighted by Crippen LogP contribution is -2.84. The van der Waals surface area contributed by atoms with E-state index in [1.54, 1.807) is 6.26 Å². The molecule has 15 fully saturated rings. The van der Waals surface area contributed by atoms with Crippen LogP contribution in [0.1, 0.15) is 184 Å². The second kappa shape index (κ2) is 19.0. The standard InChI is InChI=1S/C78H96N2O11/c1-69-38-50-39-72-52(20-27-71(72)30-29-70(42-71)24-8-9-25-70)36-53-21-28-74(51-14-6-3-7-15-51)63-61(83)65(84)76(62(50)73(63)43-88-67(85)64(72)77(53,73)91-74)57-34-46(33-45-11-4-2-5-12-45)16-17-47(57)13-10-26-75(69,90-68(86)66-78(69,76)89-66)56-23-32-87-60(56)37-55(59(82)41-81)48-18-19-54-49(35-48)22-31-80-44-79-40-58(54)80/h2,4-5,11-12,21-23,31-32,46-52,54-55,57-59,62-66,79,81-82,84H,3,6-9,14-20,24-30,33-44H2,1H3/t46-,47-,48+,49-,50+,52+,54+,55+,57+,58-,59-,62-,63+,64+,65-,66-,69+,71+,72-,73-,74-,75+,76+,77+,78-/m1/s1. The number of rotatable bonds is 9. The molecule has 0 radical (unpaired) electrons. The highest BCUT2D eigenvalue weighted by molar-refractivity contribution is 5.94. The van der Waals surface area contributed by atoms with Crippen molar-refractivity contribution in [3.63, 3.8) is 0 Å². The van der Waals surface area contributed by atoms with Gasteiger partial charge in [-0.1, -0.05) is 93.4 Å². The minimum Gasteiger partial charge on any atom is -0.469 e. The van der Waals surface area contributed by atoms with Crippen molar-refractivity contribution in [2.45, 2.75) is 227 Å². The van der Waals surface area contributed by atoms with Crippen molar-refractivity contribution in [2.24, 2.45) is 109 Å². The number of ether oxygens (including phenoxy) is 4. The number of hydrogen-bond donors (Lipinski definition) is 4. The number of ketones is 1. The van der Waals surface area contributed by atoms with Gasteiger partial charge in [-0.3, -0.25) is 14.9 Å². The van der Waals surface area contributed by atoms with E-state index in [2.05, 4.69) is 77.7 Å². The van der Waals surface area contributed by atoms with Gasteiger partial charge in [0.2, 0.25) is 0 Å². The number of benzene rings is 1. The first kappa shape index (κ1) is 57.0. The van der Waals surface area contributed by atoms with Crippen LogP contribution in [0.25, 0.3) is 0 Å². The summed E-state index contributed by atoms with van der Waals surface area (Å²) < 4.78 is 38.4. The van der Waals surface area contributed by atoms with Crippen molar-refractivity contribution < 1.29 is 53.1 Å². The fraction of sp³-hybridized carbons (Fsp3) is 0.756. The molecule has 7 spiro atoms. The number of hydrogen-bond acceptors (Lipinski definition) is 13. The number of allylic oxidation sites excluding steroid dienone is 1. The third-order valence-electron chi connectivity index (χ3n) is 32.6. The summed E-state index contributed by atoms with van der Waals surface area (Å²) >= 11 is 0. The van der Waals surface area contributed by atoms with Gasteiger partial charge in [-0.05, 0) is 227 Å². The molecule has 7 aliphatic heterocycles. The van der Waals surface area contributed by atoms with Crippen LogP contribution in [0.2, 0.25) is 0 Å². The number of Topliss-reactive ketones (excluding diaryl/α,β-unsaturated/α-hetero) is 1. The van der Waals surface area contributed by atoms with Crippen molar-refractivity contribution in [1.29, 1.82) is 0 Å². The number of epoxide rings is 1. The Labute approximate surface area is 536 Å².